The van der Waals surface area contributed by atoms with Gasteiger partial charge in [-0.05, 0) is 17.7 Å². The third-order valence-corrected chi connectivity index (χ3v) is 3.78. The first-order valence-electron chi connectivity index (χ1n) is 5.35. The monoisotopic (exact) mass is 236 g/mol. The van der Waals surface area contributed by atoms with E-state index in [9.17, 15) is 4.79 Å². The molecule has 86 valence electrons. The van der Waals surface area contributed by atoms with Crippen LogP contribution in [-0.4, -0.2) is 25.8 Å². The van der Waals surface area contributed by atoms with Crippen LogP contribution in [0.3, 0.4) is 0 Å². The SMILES string of the molecule is CN(C)c1ccc(C2NC(=O)CCS2)cc1. The van der Waals surface area contributed by atoms with Crippen molar-refractivity contribution in [1.29, 1.82) is 0 Å². The molecular formula is C12H16N2OS. The summed E-state index contributed by atoms with van der Waals surface area (Å²) in [4.78, 5) is 13.4. The highest BCUT2D eigenvalue weighted by atomic mass is 32.2. The van der Waals surface area contributed by atoms with Crippen molar-refractivity contribution in [3.63, 3.8) is 0 Å². The van der Waals surface area contributed by atoms with Crippen LogP contribution in [0.15, 0.2) is 24.3 Å². The van der Waals surface area contributed by atoms with Gasteiger partial charge in [-0.3, -0.25) is 4.79 Å². The number of thioether (sulfide) groups is 1. The van der Waals surface area contributed by atoms with E-state index in [0.717, 1.165) is 5.75 Å². The van der Waals surface area contributed by atoms with E-state index in [1.54, 1.807) is 11.8 Å². The Hall–Kier alpha value is -1.16. The van der Waals surface area contributed by atoms with Crippen LogP contribution in [0, 0.1) is 0 Å². The second-order valence-corrected chi connectivity index (χ2v) is 5.27. The highest BCUT2D eigenvalue weighted by molar-refractivity contribution is 7.99. The van der Waals surface area contributed by atoms with Crippen molar-refractivity contribution >= 4 is 23.4 Å². The van der Waals surface area contributed by atoms with Crippen molar-refractivity contribution in [3.8, 4) is 0 Å². The quantitative estimate of drug-likeness (QED) is 0.852. The van der Waals surface area contributed by atoms with Crippen LogP contribution in [0.1, 0.15) is 17.4 Å². The van der Waals surface area contributed by atoms with Gasteiger partial charge in [-0.15, -0.1) is 11.8 Å². The van der Waals surface area contributed by atoms with Crippen molar-refractivity contribution in [3.05, 3.63) is 29.8 Å². The van der Waals surface area contributed by atoms with Gasteiger partial charge in [0.2, 0.25) is 5.91 Å². The maximum Gasteiger partial charge on any atom is 0.221 e. The van der Waals surface area contributed by atoms with E-state index in [1.165, 1.54) is 11.3 Å². The summed E-state index contributed by atoms with van der Waals surface area (Å²) in [7, 11) is 4.04. The smallest absolute Gasteiger partial charge is 0.221 e. The Morgan fingerprint density at radius 1 is 1.31 bits per heavy atom. The largest absolute Gasteiger partial charge is 0.378 e. The van der Waals surface area contributed by atoms with Gasteiger partial charge in [0.25, 0.3) is 0 Å². The zero-order valence-corrected chi connectivity index (χ0v) is 10.4. The highest BCUT2D eigenvalue weighted by Gasteiger charge is 2.19. The summed E-state index contributed by atoms with van der Waals surface area (Å²) in [6, 6.07) is 8.32. The van der Waals surface area contributed by atoms with Crippen LogP contribution in [0.25, 0.3) is 0 Å². The van der Waals surface area contributed by atoms with Crippen LogP contribution in [0.2, 0.25) is 0 Å². The molecule has 1 heterocycles. The lowest BCUT2D eigenvalue weighted by molar-refractivity contribution is -0.121. The summed E-state index contributed by atoms with van der Waals surface area (Å²) in [5.41, 5.74) is 2.35. The van der Waals surface area contributed by atoms with Gasteiger partial charge in [0.05, 0.1) is 0 Å². The van der Waals surface area contributed by atoms with Crippen LogP contribution < -0.4 is 10.2 Å². The Morgan fingerprint density at radius 2 is 2.00 bits per heavy atom. The van der Waals surface area contributed by atoms with E-state index in [-0.39, 0.29) is 11.3 Å². The zero-order chi connectivity index (χ0) is 11.5. The molecule has 16 heavy (non-hydrogen) atoms. The Balaban J connectivity index is 2.11. The molecule has 1 aliphatic heterocycles. The predicted molar refractivity (Wildman–Crippen MR) is 68.7 cm³/mol. The minimum absolute atomic E-state index is 0.123. The lowest BCUT2D eigenvalue weighted by Crippen LogP contribution is -2.31. The average Bonchev–Trinajstić information content (AvgIpc) is 2.29. The third kappa shape index (κ3) is 2.50. The number of hydrogen-bond donors (Lipinski definition) is 1. The second-order valence-electron chi connectivity index (χ2n) is 4.05. The van der Waals surface area contributed by atoms with Crippen molar-refractivity contribution in [1.82, 2.24) is 5.32 Å². The Morgan fingerprint density at radius 3 is 2.56 bits per heavy atom. The maximum absolute atomic E-state index is 11.3. The minimum atomic E-state index is 0.123. The van der Waals surface area contributed by atoms with E-state index in [1.807, 2.05) is 14.1 Å². The van der Waals surface area contributed by atoms with E-state index >= 15 is 0 Å². The fourth-order valence-electron chi connectivity index (χ4n) is 1.66. The van der Waals surface area contributed by atoms with Gasteiger partial charge in [0.1, 0.15) is 5.37 Å². The van der Waals surface area contributed by atoms with Gasteiger partial charge in [0, 0.05) is 32.0 Å². The number of anilines is 1. The van der Waals surface area contributed by atoms with E-state index < -0.39 is 0 Å². The molecule has 0 radical (unpaired) electrons. The van der Waals surface area contributed by atoms with Crippen molar-refractivity contribution in [2.75, 3.05) is 24.7 Å². The van der Waals surface area contributed by atoms with Gasteiger partial charge >= 0.3 is 0 Å². The average molecular weight is 236 g/mol. The molecule has 0 spiro atoms. The molecule has 0 saturated carbocycles. The molecule has 1 amide bonds. The number of rotatable bonds is 2. The highest BCUT2D eigenvalue weighted by Crippen LogP contribution is 2.30. The summed E-state index contributed by atoms with van der Waals surface area (Å²) in [5, 5.41) is 3.11. The van der Waals surface area contributed by atoms with Crippen LogP contribution >= 0.6 is 11.8 Å². The normalized spacial score (nSPS) is 20.4. The Kier molecular flexibility index (Phi) is 3.39. The molecule has 1 aromatic carbocycles. The molecule has 1 aromatic rings. The molecule has 1 unspecified atom stereocenters. The number of hydrogen-bond acceptors (Lipinski definition) is 3. The molecule has 2 rings (SSSR count). The fraction of sp³-hybridized carbons (Fsp3) is 0.417. The lowest BCUT2D eigenvalue weighted by atomic mass is 10.2. The molecule has 1 aliphatic rings. The van der Waals surface area contributed by atoms with Crippen LogP contribution in [-0.2, 0) is 4.79 Å². The molecule has 0 bridgehead atoms. The van der Waals surface area contributed by atoms with Crippen LogP contribution in [0.5, 0.6) is 0 Å². The topological polar surface area (TPSA) is 32.3 Å². The first-order valence-corrected chi connectivity index (χ1v) is 6.40. The second kappa shape index (κ2) is 4.78. The molecule has 1 atom stereocenters. The summed E-state index contributed by atoms with van der Waals surface area (Å²) < 4.78 is 0. The molecule has 0 aromatic heterocycles. The number of carbonyl (C=O) groups is 1. The maximum atomic E-state index is 11.3. The predicted octanol–water partition coefficient (Wildman–Crippen LogP) is 2.00. The fourth-order valence-corrected chi connectivity index (χ4v) is 2.76. The summed E-state index contributed by atoms with van der Waals surface area (Å²) >= 11 is 1.79. The minimum Gasteiger partial charge on any atom is -0.378 e. The standard InChI is InChI=1S/C12H16N2OS/c1-14(2)10-5-3-9(4-6-10)12-13-11(15)7-8-16-12/h3-6,12H,7-8H2,1-2H3,(H,13,15). The molecule has 1 N–H and O–H groups in total. The lowest BCUT2D eigenvalue weighted by Gasteiger charge is -2.23. The molecule has 1 fully saturated rings. The molecular weight excluding hydrogens is 220 g/mol. The number of carbonyl (C=O) groups excluding carboxylic acids is 1. The number of nitrogens with zero attached hydrogens (tertiary/aromatic N) is 1. The van der Waals surface area contributed by atoms with Gasteiger partial charge < -0.3 is 10.2 Å². The van der Waals surface area contributed by atoms with Gasteiger partial charge in [-0.1, -0.05) is 12.1 Å². The van der Waals surface area contributed by atoms with Crippen LogP contribution in [0.4, 0.5) is 5.69 Å². The summed E-state index contributed by atoms with van der Waals surface area (Å²) in [5.74, 6) is 1.06. The first kappa shape index (κ1) is 11.3. The van der Waals surface area contributed by atoms with Gasteiger partial charge in [-0.2, -0.15) is 0 Å². The van der Waals surface area contributed by atoms with Crippen molar-refractivity contribution < 1.29 is 4.79 Å². The van der Waals surface area contributed by atoms with E-state index in [4.69, 9.17) is 0 Å². The zero-order valence-electron chi connectivity index (χ0n) is 9.56. The molecule has 3 nitrogen and oxygen atoms in total. The number of benzene rings is 1. The summed E-state index contributed by atoms with van der Waals surface area (Å²) in [6.07, 6.45) is 0.636. The first-order chi connectivity index (χ1) is 7.66. The van der Waals surface area contributed by atoms with Crippen molar-refractivity contribution in [2.45, 2.75) is 11.8 Å². The van der Waals surface area contributed by atoms with Gasteiger partial charge in [0.15, 0.2) is 0 Å². The number of nitrogens with one attached hydrogen (secondary N) is 1. The van der Waals surface area contributed by atoms with Gasteiger partial charge in [-0.25, -0.2) is 0 Å². The van der Waals surface area contributed by atoms with Crippen molar-refractivity contribution in [2.24, 2.45) is 0 Å². The van der Waals surface area contributed by atoms with E-state index in [2.05, 4.69) is 34.5 Å². The molecule has 0 aliphatic carbocycles. The summed E-state index contributed by atoms with van der Waals surface area (Å²) in [6.45, 7) is 0. The molecule has 4 heteroatoms. The van der Waals surface area contributed by atoms with E-state index in [0.29, 0.717) is 6.42 Å². The Labute approximate surface area is 100 Å². The number of amides is 1. The third-order valence-electron chi connectivity index (χ3n) is 2.62. The molecule has 1 saturated heterocycles. The Bertz CT molecular complexity index is 375.